The van der Waals surface area contributed by atoms with Gasteiger partial charge in [-0.2, -0.15) is 0 Å². The molecule has 0 atom stereocenters. The molecule has 0 spiro atoms. The summed E-state index contributed by atoms with van der Waals surface area (Å²) in [7, 11) is 0. The molecule has 3 rings (SSSR count). The molecule has 0 unspecified atom stereocenters. The number of nitrogens with zero attached hydrogens (tertiary/aromatic N) is 3. The third kappa shape index (κ3) is 5.90. The van der Waals surface area contributed by atoms with Gasteiger partial charge < -0.3 is 19.5 Å². The summed E-state index contributed by atoms with van der Waals surface area (Å²) in [6.45, 7) is 1.98. The Bertz CT molecular complexity index is 1180. The van der Waals surface area contributed by atoms with E-state index in [1.807, 2.05) is 23.6 Å². The first-order valence-corrected chi connectivity index (χ1v) is 11.2. The molecule has 3 aromatic rings. The van der Waals surface area contributed by atoms with E-state index in [1.165, 1.54) is 6.08 Å². The minimum Gasteiger partial charge on any atom is -0.481 e. The van der Waals surface area contributed by atoms with Gasteiger partial charge in [0.15, 0.2) is 17.6 Å². The average Bonchev–Trinajstić information content (AvgIpc) is 3.15. The fraction of sp³-hybridized carbons (Fsp3) is 0.143. The molecule has 0 saturated heterocycles. The maximum Gasteiger partial charge on any atom is 0.342 e. The van der Waals surface area contributed by atoms with Crippen LogP contribution in [0.1, 0.15) is 12.5 Å². The second-order valence-corrected chi connectivity index (χ2v) is 8.65. The van der Waals surface area contributed by atoms with Gasteiger partial charge in [-0.1, -0.05) is 17.7 Å². The Balaban J connectivity index is 1.88. The second kappa shape index (κ2) is 10.7. The molecular weight excluding hydrogens is 522 g/mol. The number of aliphatic carboxylic acids is 2. The van der Waals surface area contributed by atoms with E-state index in [2.05, 4.69) is 26.1 Å². The van der Waals surface area contributed by atoms with E-state index in [0.717, 1.165) is 17.3 Å². The molecule has 0 fully saturated rings. The highest BCUT2D eigenvalue weighted by atomic mass is 79.9. The molecule has 0 aliphatic rings. The monoisotopic (exact) mass is 537 g/mol. The maximum absolute atomic E-state index is 11.9. The molecule has 2 aromatic carbocycles. The van der Waals surface area contributed by atoms with Crippen molar-refractivity contribution in [2.75, 3.05) is 6.61 Å². The van der Waals surface area contributed by atoms with E-state index in [1.54, 1.807) is 30.3 Å². The van der Waals surface area contributed by atoms with E-state index in [9.17, 15) is 14.7 Å². The fourth-order valence-corrected chi connectivity index (χ4v) is 4.23. The molecule has 1 heterocycles. The van der Waals surface area contributed by atoms with Crippen LogP contribution in [-0.2, 0) is 16.1 Å². The van der Waals surface area contributed by atoms with Gasteiger partial charge in [-0.25, -0.2) is 9.59 Å². The van der Waals surface area contributed by atoms with Crippen molar-refractivity contribution in [2.45, 2.75) is 18.6 Å². The number of carboxylic acid groups (broad SMARTS) is 2. The van der Waals surface area contributed by atoms with Crippen molar-refractivity contribution < 1.29 is 24.5 Å². The first-order valence-electron chi connectivity index (χ1n) is 9.24. The van der Waals surface area contributed by atoms with E-state index in [0.29, 0.717) is 38.3 Å². The van der Waals surface area contributed by atoms with Crippen LogP contribution in [0.2, 0.25) is 5.02 Å². The lowest BCUT2D eigenvalue weighted by molar-refractivity contribution is -0.139. The lowest BCUT2D eigenvalue weighted by Crippen LogP contribution is -2.09. The summed E-state index contributed by atoms with van der Waals surface area (Å²) in [5.74, 6) is -1.26. The predicted octanol–water partition coefficient (Wildman–Crippen LogP) is 5.06. The highest BCUT2D eigenvalue weighted by molar-refractivity contribution is 9.10. The second-order valence-electron chi connectivity index (χ2n) is 6.35. The van der Waals surface area contributed by atoms with E-state index >= 15 is 0 Å². The Morgan fingerprint density at radius 2 is 1.91 bits per heavy atom. The van der Waals surface area contributed by atoms with Crippen molar-refractivity contribution in [1.29, 1.82) is 0 Å². The zero-order chi connectivity index (χ0) is 23.3. The highest BCUT2D eigenvalue weighted by Gasteiger charge is 2.18. The van der Waals surface area contributed by atoms with Crippen LogP contribution in [0.3, 0.4) is 0 Å². The lowest BCUT2D eigenvalue weighted by Gasteiger charge is -2.09. The molecule has 1 aromatic heterocycles. The topological polar surface area (TPSA) is 115 Å². The number of benzene rings is 2. The van der Waals surface area contributed by atoms with Gasteiger partial charge in [0.25, 0.3) is 0 Å². The smallest absolute Gasteiger partial charge is 0.342 e. The number of rotatable bonds is 9. The van der Waals surface area contributed by atoms with Crippen molar-refractivity contribution in [2.24, 2.45) is 0 Å². The van der Waals surface area contributed by atoms with Gasteiger partial charge in [-0.15, -0.1) is 10.2 Å². The first kappa shape index (κ1) is 23.8. The van der Waals surface area contributed by atoms with Crippen LogP contribution in [0.4, 0.5) is 0 Å². The fourth-order valence-electron chi connectivity index (χ4n) is 2.71. The SMILES string of the molecule is CCn1c(S/C(=C/c2ccc(OCC(=O)O)c(Br)c2)C(=O)O)nnc1-c1ccc(Cl)cc1. The zero-order valence-corrected chi connectivity index (χ0v) is 19.8. The Labute approximate surface area is 201 Å². The van der Waals surface area contributed by atoms with E-state index in [-0.39, 0.29) is 4.91 Å². The van der Waals surface area contributed by atoms with Crippen LogP contribution in [0, 0.1) is 0 Å². The minimum atomic E-state index is -1.11. The Morgan fingerprint density at radius 1 is 1.19 bits per heavy atom. The van der Waals surface area contributed by atoms with Gasteiger partial charge in [0.1, 0.15) is 10.7 Å². The van der Waals surface area contributed by atoms with Gasteiger partial charge in [0.2, 0.25) is 0 Å². The number of ether oxygens (including phenoxy) is 1. The maximum atomic E-state index is 11.9. The van der Waals surface area contributed by atoms with Crippen molar-refractivity contribution in [3.63, 3.8) is 0 Å². The number of carbonyl (C=O) groups is 2. The standard InChI is InChI=1S/C21H17BrClN3O5S/c1-2-26-19(13-4-6-14(23)7-5-13)24-25-21(26)32-17(20(29)30)10-12-3-8-16(15(22)9-12)31-11-18(27)28/h3-10H,2,11H2,1H3,(H,27,28)(H,29,30)/b17-10+. The molecule has 0 radical (unpaired) electrons. The molecule has 0 aliphatic heterocycles. The lowest BCUT2D eigenvalue weighted by atomic mass is 10.2. The van der Waals surface area contributed by atoms with Gasteiger partial charge in [-0.3, -0.25) is 0 Å². The molecule has 166 valence electrons. The van der Waals surface area contributed by atoms with Crippen LogP contribution in [0.15, 0.2) is 57.0 Å². The summed E-state index contributed by atoms with van der Waals surface area (Å²) in [4.78, 5) is 22.6. The Kier molecular flexibility index (Phi) is 7.94. The van der Waals surface area contributed by atoms with Crippen LogP contribution in [0.25, 0.3) is 17.5 Å². The molecule has 2 N–H and O–H groups in total. The summed E-state index contributed by atoms with van der Waals surface area (Å²) < 4.78 is 7.49. The van der Waals surface area contributed by atoms with E-state index < -0.39 is 18.5 Å². The number of halogens is 2. The summed E-state index contributed by atoms with van der Waals surface area (Å²) in [5, 5.41) is 27.9. The van der Waals surface area contributed by atoms with Crippen molar-refractivity contribution in [3.8, 4) is 17.1 Å². The van der Waals surface area contributed by atoms with Crippen LogP contribution < -0.4 is 4.74 Å². The summed E-state index contributed by atoms with van der Waals surface area (Å²) in [5.41, 5.74) is 1.40. The third-order valence-corrected chi connectivity index (χ3v) is 6.02. The van der Waals surface area contributed by atoms with Crippen molar-refractivity contribution >= 4 is 57.3 Å². The van der Waals surface area contributed by atoms with Crippen molar-refractivity contribution in [1.82, 2.24) is 14.8 Å². The summed E-state index contributed by atoms with van der Waals surface area (Å²) >= 11 is 10.3. The molecule has 11 heteroatoms. The summed E-state index contributed by atoms with van der Waals surface area (Å²) in [6.07, 6.45) is 1.50. The molecular formula is C21H17BrClN3O5S. The zero-order valence-electron chi connectivity index (χ0n) is 16.7. The van der Waals surface area contributed by atoms with Crippen LogP contribution >= 0.6 is 39.3 Å². The van der Waals surface area contributed by atoms with E-state index in [4.69, 9.17) is 21.4 Å². The molecule has 0 amide bonds. The molecule has 0 bridgehead atoms. The van der Waals surface area contributed by atoms with Gasteiger partial charge in [0, 0.05) is 17.1 Å². The minimum absolute atomic E-state index is 0.0425. The molecule has 0 saturated carbocycles. The predicted molar refractivity (Wildman–Crippen MR) is 125 cm³/mol. The van der Waals surface area contributed by atoms with Crippen LogP contribution in [0.5, 0.6) is 5.75 Å². The quantitative estimate of drug-likeness (QED) is 0.287. The average molecular weight is 539 g/mol. The third-order valence-electron chi connectivity index (χ3n) is 4.15. The first-order chi connectivity index (χ1) is 15.3. The number of thioether (sulfide) groups is 1. The normalized spacial score (nSPS) is 11.4. The van der Waals surface area contributed by atoms with Gasteiger partial charge in [-0.05, 0) is 82.7 Å². The molecule has 32 heavy (non-hydrogen) atoms. The van der Waals surface area contributed by atoms with Gasteiger partial charge in [0.05, 0.1) is 4.47 Å². The number of hydrogen-bond acceptors (Lipinski definition) is 6. The highest BCUT2D eigenvalue weighted by Crippen LogP contribution is 2.32. The van der Waals surface area contributed by atoms with Crippen LogP contribution in [-0.4, -0.2) is 43.5 Å². The molecule has 0 aliphatic carbocycles. The molecule has 8 nitrogen and oxygen atoms in total. The number of aromatic nitrogens is 3. The number of hydrogen-bond donors (Lipinski definition) is 2. The van der Waals surface area contributed by atoms with Gasteiger partial charge >= 0.3 is 11.9 Å². The Morgan fingerprint density at radius 3 is 2.50 bits per heavy atom. The largest absolute Gasteiger partial charge is 0.481 e. The van der Waals surface area contributed by atoms with Crippen molar-refractivity contribution in [3.05, 3.63) is 62.4 Å². The number of carboxylic acids is 2. The summed E-state index contributed by atoms with van der Waals surface area (Å²) in [6, 6.07) is 12.0. The Hall–Kier alpha value is -2.82.